The maximum absolute atomic E-state index is 13.8. The molecule has 0 aromatic heterocycles. The number of para-hydroxylation sites is 1. The Morgan fingerprint density at radius 1 is 1.02 bits per heavy atom. The summed E-state index contributed by atoms with van der Waals surface area (Å²) in [7, 11) is 4.12. The second kappa shape index (κ2) is 13.2. The summed E-state index contributed by atoms with van der Waals surface area (Å²) in [5, 5.41) is 16.2. The van der Waals surface area contributed by atoms with Gasteiger partial charge in [0, 0.05) is 56.9 Å². The monoisotopic (exact) mass is 704 g/mol. The number of nitrogens with zero attached hydrogens (tertiary/aromatic N) is 4. The first-order valence-electron chi connectivity index (χ1n) is 14.4. The minimum Gasteiger partial charge on any atom is -0.506 e. The lowest BCUT2D eigenvalue weighted by Crippen LogP contribution is -2.57. The number of rotatable bonds is 6. The molecule has 0 unspecified atom stereocenters. The number of hydrogen-bond donors (Lipinski definition) is 3. The quantitative estimate of drug-likeness (QED) is 0.407. The first-order chi connectivity index (χ1) is 20.1. The molecule has 1 atom stereocenters. The van der Waals surface area contributed by atoms with E-state index in [9.17, 15) is 19.5 Å². The number of nitrogens with one attached hydrogen (secondary N) is 2. The van der Waals surface area contributed by atoms with Crippen molar-refractivity contribution in [1.29, 1.82) is 0 Å². The second-order valence-electron chi connectivity index (χ2n) is 11.6. The Bertz CT molecular complexity index is 1300. The number of hydrogen-bond acceptors (Lipinski definition) is 5. The molecule has 10 nitrogen and oxygen atoms in total. The Morgan fingerprint density at radius 2 is 1.64 bits per heavy atom. The zero-order valence-corrected chi connectivity index (χ0v) is 27.2. The van der Waals surface area contributed by atoms with Gasteiger partial charge in [-0.15, -0.1) is 0 Å². The summed E-state index contributed by atoms with van der Waals surface area (Å²) in [6, 6.07) is 10.7. The number of benzene rings is 2. The molecule has 226 valence electrons. The van der Waals surface area contributed by atoms with E-state index >= 15 is 0 Å². The van der Waals surface area contributed by atoms with Gasteiger partial charge in [0.2, 0.25) is 5.91 Å². The Hall–Kier alpha value is -2.83. The molecular weight excluding hydrogens is 668 g/mol. The van der Waals surface area contributed by atoms with E-state index in [2.05, 4.69) is 61.5 Å². The van der Waals surface area contributed by atoms with Crippen LogP contribution in [0.25, 0.3) is 0 Å². The number of phenols is 1. The van der Waals surface area contributed by atoms with Gasteiger partial charge >= 0.3 is 12.1 Å². The molecule has 3 aliphatic rings. The SMILES string of the molecule is CN(C)C1CCN(C(=O)[C@@H](Cc2cc(Br)c(O)c(Br)c2)NC(=O)N2CCC(N3Cc4ccccc4NC3=O)CC2)CC1. The molecular formula is C30H38Br2N6O4. The molecule has 5 rings (SSSR count). The lowest BCUT2D eigenvalue weighted by atomic mass is 10.00. The zero-order chi connectivity index (χ0) is 30.0. The van der Waals surface area contributed by atoms with E-state index in [1.54, 1.807) is 17.0 Å². The average molecular weight is 706 g/mol. The van der Waals surface area contributed by atoms with Gasteiger partial charge in [-0.1, -0.05) is 18.2 Å². The van der Waals surface area contributed by atoms with Crippen molar-refractivity contribution < 1.29 is 19.5 Å². The largest absolute Gasteiger partial charge is 0.506 e. The van der Waals surface area contributed by atoms with Gasteiger partial charge in [-0.3, -0.25) is 4.79 Å². The number of carbonyl (C=O) groups is 3. The first kappa shape index (κ1) is 30.6. The van der Waals surface area contributed by atoms with E-state index in [0.29, 0.717) is 67.0 Å². The summed E-state index contributed by atoms with van der Waals surface area (Å²) in [6.45, 7) is 2.82. The normalized spacial score (nSPS) is 19.0. The van der Waals surface area contributed by atoms with Gasteiger partial charge < -0.3 is 35.3 Å². The molecule has 12 heteroatoms. The number of fused-ring (bicyclic) bond motifs is 1. The number of amides is 5. The van der Waals surface area contributed by atoms with E-state index in [-0.39, 0.29) is 29.8 Å². The van der Waals surface area contributed by atoms with E-state index in [4.69, 9.17) is 0 Å². The maximum atomic E-state index is 13.8. The lowest BCUT2D eigenvalue weighted by molar-refractivity contribution is -0.134. The fourth-order valence-electron chi connectivity index (χ4n) is 6.13. The summed E-state index contributed by atoms with van der Waals surface area (Å²) in [4.78, 5) is 47.8. The van der Waals surface area contributed by atoms with Crippen molar-refractivity contribution in [3.63, 3.8) is 0 Å². The third-order valence-corrected chi connectivity index (χ3v) is 9.88. The number of aromatic hydroxyl groups is 1. The van der Waals surface area contributed by atoms with Gasteiger partial charge in [0.05, 0.1) is 8.95 Å². The molecule has 42 heavy (non-hydrogen) atoms. The molecule has 0 spiro atoms. The molecule has 0 bridgehead atoms. The van der Waals surface area contributed by atoms with Crippen LogP contribution in [0.3, 0.4) is 0 Å². The van der Waals surface area contributed by atoms with Crippen LogP contribution in [0.4, 0.5) is 15.3 Å². The minimum atomic E-state index is -0.751. The van der Waals surface area contributed by atoms with Crippen molar-refractivity contribution in [2.75, 3.05) is 45.6 Å². The molecule has 5 amide bonds. The van der Waals surface area contributed by atoms with Crippen LogP contribution in [-0.4, -0.2) is 101 Å². The van der Waals surface area contributed by atoms with Crippen LogP contribution >= 0.6 is 31.9 Å². The molecule has 0 saturated carbocycles. The van der Waals surface area contributed by atoms with Gasteiger partial charge in [0.1, 0.15) is 11.8 Å². The van der Waals surface area contributed by atoms with Crippen molar-refractivity contribution in [3.05, 3.63) is 56.5 Å². The fraction of sp³-hybridized carbons (Fsp3) is 0.500. The van der Waals surface area contributed by atoms with Crippen LogP contribution in [0.1, 0.15) is 36.8 Å². The molecule has 2 saturated heterocycles. The Labute approximate surface area is 263 Å². The predicted molar refractivity (Wildman–Crippen MR) is 168 cm³/mol. The lowest BCUT2D eigenvalue weighted by Gasteiger charge is -2.41. The molecule has 3 aliphatic heterocycles. The van der Waals surface area contributed by atoms with Crippen molar-refractivity contribution in [1.82, 2.24) is 24.9 Å². The van der Waals surface area contributed by atoms with Crippen LogP contribution in [0.5, 0.6) is 5.75 Å². The highest BCUT2D eigenvalue weighted by Gasteiger charge is 2.35. The van der Waals surface area contributed by atoms with E-state index < -0.39 is 6.04 Å². The number of anilines is 1. The molecule has 2 aromatic rings. The number of urea groups is 2. The van der Waals surface area contributed by atoms with Gasteiger partial charge in [0.25, 0.3) is 0 Å². The zero-order valence-electron chi connectivity index (χ0n) is 24.0. The number of piperidine rings is 2. The van der Waals surface area contributed by atoms with Crippen LogP contribution in [0, 0.1) is 0 Å². The molecule has 2 fully saturated rings. The van der Waals surface area contributed by atoms with Crippen LogP contribution in [-0.2, 0) is 17.8 Å². The number of halogens is 2. The van der Waals surface area contributed by atoms with Gasteiger partial charge in [-0.25, -0.2) is 9.59 Å². The standard InChI is InChI=1S/C30H38Br2N6O4/c1-35(2)21-7-11-36(12-8-21)28(40)26(17-19-15-23(31)27(39)24(32)16-19)34-29(41)37-13-9-22(10-14-37)38-18-20-5-3-4-6-25(20)33-30(38)42/h3-6,15-16,21-22,26,39H,7-14,17-18H2,1-2H3,(H,33,42)(H,34,41)/t26-/m1/s1. The van der Waals surface area contributed by atoms with Gasteiger partial charge in [0.15, 0.2) is 0 Å². The van der Waals surface area contributed by atoms with Crippen LogP contribution in [0.15, 0.2) is 45.3 Å². The highest BCUT2D eigenvalue weighted by Crippen LogP contribution is 2.34. The van der Waals surface area contributed by atoms with E-state index in [1.165, 1.54) is 0 Å². The molecule has 0 radical (unpaired) electrons. The number of phenolic OH excluding ortho intramolecular Hbond substituents is 1. The Balaban J connectivity index is 1.24. The Morgan fingerprint density at radius 3 is 2.29 bits per heavy atom. The highest BCUT2D eigenvalue weighted by atomic mass is 79.9. The van der Waals surface area contributed by atoms with Crippen molar-refractivity contribution in [2.45, 2.75) is 56.8 Å². The maximum Gasteiger partial charge on any atom is 0.322 e. The number of likely N-dealkylation sites (tertiary alicyclic amines) is 2. The topological polar surface area (TPSA) is 108 Å². The van der Waals surface area contributed by atoms with Crippen LogP contribution < -0.4 is 10.6 Å². The Kier molecular flexibility index (Phi) is 9.64. The summed E-state index contributed by atoms with van der Waals surface area (Å²) >= 11 is 6.76. The van der Waals surface area contributed by atoms with Crippen molar-refractivity contribution in [2.24, 2.45) is 0 Å². The first-order valence-corrected chi connectivity index (χ1v) is 16.0. The van der Waals surface area contributed by atoms with Crippen molar-refractivity contribution in [3.8, 4) is 5.75 Å². The predicted octanol–water partition coefficient (Wildman–Crippen LogP) is 4.60. The summed E-state index contributed by atoms with van der Waals surface area (Å²) in [5.74, 6) is -0.00965. The molecule has 0 aliphatic carbocycles. The smallest absolute Gasteiger partial charge is 0.322 e. The van der Waals surface area contributed by atoms with Crippen molar-refractivity contribution >= 4 is 55.5 Å². The fourth-order valence-corrected chi connectivity index (χ4v) is 7.41. The van der Waals surface area contributed by atoms with Crippen LogP contribution in [0.2, 0.25) is 0 Å². The highest BCUT2D eigenvalue weighted by molar-refractivity contribution is 9.11. The summed E-state index contributed by atoms with van der Waals surface area (Å²) in [5.41, 5.74) is 2.74. The van der Waals surface area contributed by atoms with E-state index in [0.717, 1.165) is 29.7 Å². The third kappa shape index (κ3) is 6.86. The minimum absolute atomic E-state index is 0.0320. The molecule has 3 N–H and O–H groups in total. The van der Waals surface area contributed by atoms with Gasteiger partial charge in [-0.2, -0.15) is 0 Å². The molecule has 2 aromatic carbocycles. The molecule has 3 heterocycles. The summed E-state index contributed by atoms with van der Waals surface area (Å²) < 4.78 is 1.03. The number of carbonyl (C=O) groups excluding carboxylic acids is 3. The average Bonchev–Trinajstić information content (AvgIpc) is 2.99. The second-order valence-corrected chi connectivity index (χ2v) is 13.3. The van der Waals surface area contributed by atoms with E-state index in [1.807, 2.05) is 34.1 Å². The van der Waals surface area contributed by atoms with Gasteiger partial charge in [-0.05, 0) is 101 Å². The summed E-state index contributed by atoms with van der Waals surface area (Å²) in [6.07, 6.45) is 3.39. The third-order valence-electron chi connectivity index (χ3n) is 8.67.